The molecule has 2 nitrogen and oxygen atoms in total. The summed E-state index contributed by atoms with van der Waals surface area (Å²) in [5, 5.41) is 3.33. The monoisotopic (exact) mass is 435 g/mol. The van der Waals surface area contributed by atoms with Crippen LogP contribution in [0.3, 0.4) is 0 Å². The second-order valence-electron chi connectivity index (χ2n) is 12.4. The predicted molar refractivity (Wildman–Crippen MR) is 132 cm³/mol. The van der Waals surface area contributed by atoms with Gasteiger partial charge in [-0.15, -0.1) is 0 Å². The highest BCUT2D eigenvalue weighted by Crippen LogP contribution is 2.67. The van der Waals surface area contributed by atoms with Gasteiger partial charge in [-0.2, -0.15) is 0 Å². The maximum Gasteiger partial charge on any atom is 0.251 e. The van der Waals surface area contributed by atoms with E-state index in [2.05, 4.69) is 26.1 Å². The zero-order chi connectivity index (χ0) is 22.3. The van der Waals surface area contributed by atoms with E-state index < -0.39 is 0 Å². The Morgan fingerprint density at radius 3 is 2.59 bits per heavy atom. The van der Waals surface area contributed by atoms with Crippen molar-refractivity contribution in [3.63, 3.8) is 0 Å². The number of benzene rings is 1. The molecule has 0 radical (unpaired) electrons. The van der Waals surface area contributed by atoms with E-state index >= 15 is 0 Å². The lowest BCUT2D eigenvalue weighted by Gasteiger charge is -2.65. The van der Waals surface area contributed by atoms with Gasteiger partial charge in [0.05, 0.1) is 0 Å². The maximum atomic E-state index is 12.7. The average Bonchev–Trinajstić information content (AvgIpc) is 2.82. The average molecular weight is 436 g/mol. The van der Waals surface area contributed by atoms with Crippen molar-refractivity contribution in [3.8, 4) is 0 Å². The molecule has 176 valence electrons. The van der Waals surface area contributed by atoms with Crippen molar-refractivity contribution in [3.05, 3.63) is 35.9 Å². The molecule has 1 aromatic carbocycles. The molecule has 8 atom stereocenters. The summed E-state index contributed by atoms with van der Waals surface area (Å²) in [6.45, 7) is 8.48. The quantitative estimate of drug-likeness (QED) is 0.521. The van der Waals surface area contributed by atoms with Crippen molar-refractivity contribution < 1.29 is 4.79 Å². The first kappa shape index (κ1) is 22.5. The molecule has 0 saturated heterocycles. The second-order valence-corrected chi connectivity index (χ2v) is 12.4. The summed E-state index contributed by atoms with van der Waals surface area (Å²) in [5.41, 5.74) is 1.85. The Balaban J connectivity index is 1.32. The van der Waals surface area contributed by atoms with Gasteiger partial charge in [0.25, 0.3) is 5.91 Å². The van der Waals surface area contributed by atoms with Crippen molar-refractivity contribution in [2.75, 3.05) is 6.54 Å². The largest absolute Gasteiger partial charge is 0.352 e. The summed E-state index contributed by atoms with van der Waals surface area (Å²) in [4.78, 5) is 12.7. The minimum atomic E-state index is 0.103. The highest BCUT2D eigenvalue weighted by atomic mass is 16.1. The minimum absolute atomic E-state index is 0.103. The van der Waals surface area contributed by atoms with E-state index in [9.17, 15) is 4.79 Å². The normalized spacial score (nSPS) is 43.5. The lowest BCUT2D eigenvalue weighted by Crippen LogP contribution is -2.57. The summed E-state index contributed by atoms with van der Waals surface area (Å²) in [6, 6.07) is 9.76. The number of hydrogen-bond donors (Lipinski definition) is 1. The van der Waals surface area contributed by atoms with E-state index in [-0.39, 0.29) is 5.91 Å². The molecule has 1 amide bonds. The lowest BCUT2D eigenvalue weighted by molar-refractivity contribution is -0.152. The highest BCUT2D eigenvalue weighted by molar-refractivity contribution is 5.94. The second kappa shape index (κ2) is 8.80. The van der Waals surface area contributed by atoms with Crippen molar-refractivity contribution in [1.29, 1.82) is 0 Å². The third-order valence-electron chi connectivity index (χ3n) is 11.3. The van der Waals surface area contributed by atoms with E-state index in [0.29, 0.717) is 16.7 Å². The zero-order valence-corrected chi connectivity index (χ0v) is 20.7. The molecule has 1 N–H and O–H groups in total. The van der Waals surface area contributed by atoms with E-state index in [1.807, 2.05) is 30.3 Å². The predicted octanol–water partition coefficient (Wildman–Crippen LogP) is 7.49. The van der Waals surface area contributed by atoms with E-state index in [1.54, 1.807) is 0 Å². The van der Waals surface area contributed by atoms with Gasteiger partial charge >= 0.3 is 0 Å². The Morgan fingerprint density at radius 2 is 1.81 bits per heavy atom. The molecule has 5 rings (SSSR count). The van der Waals surface area contributed by atoms with Crippen molar-refractivity contribution in [2.24, 2.45) is 46.3 Å². The number of carbonyl (C=O) groups excluding carboxylic acids is 1. The minimum Gasteiger partial charge on any atom is -0.352 e. The molecule has 32 heavy (non-hydrogen) atoms. The standard InChI is InChI=1S/C30H45NO/c1-4-30-18-15-21(2)19-23(30)13-14-25-26-12-8-11-24(29(26,3)17-16-27(25)30)20-31-28(32)22-9-6-5-7-10-22/h5-7,9-10,21,23-27H,4,8,11-20H2,1-3H3,(H,31,32)/t21-,23?,24+,25-,26?,27?,29+,30-/m0/s1. The van der Waals surface area contributed by atoms with E-state index in [4.69, 9.17) is 0 Å². The van der Waals surface area contributed by atoms with Crippen molar-refractivity contribution in [1.82, 2.24) is 5.32 Å². The fraction of sp³-hybridized carbons (Fsp3) is 0.767. The summed E-state index contributed by atoms with van der Waals surface area (Å²) in [7, 11) is 0. The first-order chi connectivity index (χ1) is 15.5. The van der Waals surface area contributed by atoms with Crippen LogP contribution < -0.4 is 5.32 Å². The Bertz CT molecular complexity index is 804. The third-order valence-corrected chi connectivity index (χ3v) is 11.3. The molecule has 0 spiro atoms. The van der Waals surface area contributed by atoms with Crippen LogP contribution in [0, 0.1) is 46.3 Å². The van der Waals surface area contributed by atoms with Gasteiger partial charge in [0.1, 0.15) is 0 Å². The van der Waals surface area contributed by atoms with Crippen LogP contribution >= 0.6 is 0 Å². The fourth-order valence-electron chi connectivity index (χ4n) is 9.53. The zero-order valence-electron chi connectivity index (χ0n) is 20.7. The topological polar surface area (TPSA) is 29.1 Å². The van der Waals surface area contributed by atoms with Gasteiger partial charge in [-0.05, 0) is 116 Å². The Kier molecular flexibility index (Phi) is 6.18. The van der Waals surface area contributed by atoms with Gasteiger partial charge in [0, 0.05) is 12.1 Å². The molecule has 4 aliphatic carbocycles. The van der Waals surface area contributed by atoms with Crippen LogP contribution in [0.15, 0.2) is 30.3 Å². The van der Waals surface area contributed by atoms with Crippen LogP contribution in [-0.2, 0) is 0 Å². The SMILES string of the molecule is CC[C@]12CC[C@H](C)CC1CC[C@@H]1C2CC[C@@]2(C)C1CCC[C@@H]2CNC(=O)c1ccccc1. The molecule has 0 bridgehead atoms. The van der Waals surface area contributed by atoms with Crippen molar-refractivity contribution >= 4 is 5.91 Å². The molecule has 4 aliphatic rings. The van der Waals surface area contributed by atoms with Crippen LogP contribution in [0.5, 0.6) is 0 Å². The molecular formula is C30H45NO. The van der Waals surface area contributed by atoms with Crippen LogP contribution in [0.2, 0.25) is 0 Å². The van der Waals surface area contributed by atoms with Gasteiger partial charge in [0.2, 0.25) is 0 Å². The Hall–Kier alpha value is -1.31. The molecule has 2 heteroatoms. The van der Waals surface area contributed by atoms with E-state index in [1.165, 1.54) is 70.6 Å². The molecule has 4 saturated carbocycles. The highest BCUT2D eigenvalue weighted by Gasteiger charge is 2.59. The van der Waals surface area contributed by atoms with Crippen LogP contribution in [0.4, 0.5) is 0 Å². The number of carbonyl (C=O) groups is 1. The number of nitrogens with one attached hydrogen (secondary N) is 1. The van der Waals surface area contributed by atoms with Gasteiger partial charge < -0.3 is 5.32 Å². The van der Waals surface area contributed by atoms with Crippen LogP contribution in [-0.4, -0.2) is 12.5 Å². The summed E-state index contributed by atoms with van der Waals surface area (Å²) in [6.07, 6.45) is 15.7. The Morgan fingerprint density at radius 1 is 1.00 bits per heavy atom. The van der Waals surface area contributed by atoms with Gasteiger partial charge in [-0.3, -0.25) is 4.79 Å². The number of hydrogen-bond acceptors (Lipinski definition) is 1. The summed E-state index contributed by atoms with van der Waals surface area (Å²) < 4.78 is 0. The van der Waals surface area contributed by atoms with Gasteiger partial charge in [-0.25, -0.2) is 0 Å². The molecular weight excluding hydrogens is 390 g/mol. The van der Waals surface area contributed by atoms with Gasteiger partial charge in [-0.1, -0.05) is 51.8 Å². The molecule has 0 aliphatic heterocycles. The summed E-state index contributed by atoms with van der Waals surface area (Å²) in [5.74, 6) is 5.45. The lowest BCUT2D eigenvalue weighted by atomic mass is 9.40. The maximum absolute atomic E-state index is 12.7. The molecule has 0 aromatic heterocycles. The van der Waals surface area contributed by atoms with Crippen molar-refractivity contribution in [2.45, 2.75) is 91.4 Å². The summed E-state index contributed by atoms with van der Waals surface area (Å²) >= 11 is 0. The fourth-order valence-corrected chi connectivity index (χ4v) is 9.53. The first-order valence-corrected chi connectivity index (χ1v) is 13.8. The van der Waals surface area contributed by atoms with Gasteiger partial charge in [0.15, 0.2) is 0 Å². The molecule has 0 heterocycles. The smallest absolute Gasteiger partial charge is 0.251 e. The van der Waals surface area contributed by atoms with Crippen LogP contribution in [0.1, 0.15) is 102 Å². The number of rotatable bonds is 4. The first-order valence-electron chi connectivity index (χ1n) is 13.8. The Labute approximate surface area is 196 Å². The number of fused-ring (bicyclic) bond motifs is 5. The number of amides is 1. The molecule has 4 fully saturated rings. The van der Waals surface area contributed by atoms with E-state index in [0.717, 1.165) is 41.7 Å². The molecule has 1 aromatic rings. The third kappa shape index (κ3) is 3.64. The molecule has 3 unspecified atom stereocenters. The van der Waals surface area contributed by atoms with Crippen LogP contribution in [0.25, 0.3) is 0 Å².